The molecule has 7 heteroatoms. The molecule has 110 valence electrons. The van der Waals surface area contributed by atoms with Crippen LogP contribution in [-0.2, 0) is 4.79 Å². The lowest BCUT2D eigenvalue weighted by Gasteiger charge is -2.08. The van der Waals surface area contributed by atoms with Crippen LogP contribution in [0, 0.1) is 13.8 Å². The molecule has 0 saturated heterocycles. The molecular weight excluding hydrogens is 288 g/mol. The second kappa shape index (κ2) is 6.45. The van der Waals surface area contributed by atoms with E-state index in [-0.39, 0.29) is 23.0 Å². The van der Waals surface area contributed by atoms with Crippen molar-refractivity contribution < 1.29 is 4.79 Å². The normalized spacial score (nSPS) is 10.4. The molecule has 0 saturated carbocycles. The summed E-state index contributed by atoms with van der Waals surface area (Å²) in [5.74, 6) is 0.104. The number of nitrogens with one attached hydrogen (secondary N) is 2. The molecule has 1 aromatic carbocycles. The van der Waals surface area contributed by atoms with E-state index in [1.54, 1.807) is 0 Å². The summed E-state index contributed by atoms with van der Waals surface area (Å²) in [6.07, 6.45) is 0. The Morgan fingerprint density at radius 2 is 2.14 bits per heavy atom. The Kier molecular flexibility index (Phi) is 4.64. The summed E-state index contributed by atoms with van der Waals surface area (Å²) >= 11 is 1.13. The molecule has 0 unspecified atom stereocenters. The molecule has 2 aromatic rings. The van der Waals surface area contributed by atoms with Gasteiger partial charge in [-0.1, -0.05) is 29.5 Å². The zero-order valence-electron chi connectivity index (χ0n) is 11.8. The Bertz CT molecular complexity index is 727. The van der Waals surface area contributed by atoms with Gasteiger partial charge in [0.1, 0.15) is 5.82 Å². The number of thioether (sulfide) groups is 1. The third-order valence-corrected chi connectivity index (χ3v) is 3.61. The molecule has 0 aliphatic heterocycles. The number of hydrogen-bond acceptors (Lipinski definition) is 5. The zero-order valence-corrected chi connectivity index (χ0v) is 12.6. The van der Waals surface area contributed by atoms with Crippen LogP contribution in [0.5, 0.6) is 0 Å². The van der Waals surface area contributed by atoms with Crippen molar-refractivity contribution in [1.82, 2.24) is 9.97 Å². The minimum Gasteiger partial charge on any atom is -0.383 e. The standard InChI is InChI=1S/C14H16N4O2S/c1-8-3-4-10(9(2)5-8)16-13(20)7-21-14-17-11(15)6-12(19)18-14/h3-6H,7H2,1-2H3,(H,16,20)(H3,15,17,18,19). The second-order valence-corrected chi connectivity index (χ2v) is 5.59. The van der Waals surface area contributed by atoms with Crippen molar-refractivity contribution in [2.75, 3.05) is 16.8 Å². The first-order valence-electron chi connectivity index (χ1n) is 6.31. The van der Waals surface area contributed by atoms with Crippen LogP contribution in [-0.4, -0.2) is 21.6 Å². The number of anilines is 2. The number of hydrogen-bond donors (Lipinski definition) is 3. The van der Waals surface area contributed by atoms with E-state index in [9.17, 15) is 9.59 Å². The van der Waals surface area contributed by atoms with E-state index < -0.39 is 0 Å². The molecule has 4 N–H and O–H groups in total. The van der Waals surface area contributed by atoms with E-state index >= 15 is 0 Å². The number of rotatable bonds is 4. The third kappa shape index (κ3) is 4.35. The van der Waals surface area contributed by atoms with E-state index in [1.807, 2.05) is 32.0 Å². The fourth-order valence-corrected chi connectivity index (χ4v) is 2.48. The zero-order chi connectivity index (χ0) is 15.4. The van der Waals surface area contributed by atoms with Gasteiger partial charge in [0.05, 0.1) is 5.75 Å². The summed E-state index contributed by atoms with van der Waals surface area (Å²) in [6, 6.07) is 7.00. The number of aryl methyl sites for hydroxylation is 2. The number of carbonyl (C=O) groups is 1. The monoisotopic (exact) mass is 304 g/mol. The summed E-state index contributed by atoms with van der Waals surface area (Å²) in [4.78, 5) is 29.6. The van der Waals surface area contributed by atoms with Crippen LogP contribution in [0.4, 0.5) is 11.5 Å². The predicted octanol–water partition coefficient (Wildman–Crippen LogP) is 1.70. The van der Waals surface area contributed by atoms with Crippen molar-refractivity contribution in [2.24, 2.45) is 0 Å². The Morgan fingerprint density at radius 1 is 1.38 bits per heavy atom. The largest absolute Gasteiger partial charge is 0.383 e. The second-order valence-electron chi connectivity index (χ2n) is 4.63. The summed E-state index contributed by atoms with van der Waals surface area (Å²) in [7, 11) is 0. The molecule has 0 atom stereocenters. The first-order chi connectivity index (χ1) is 9.94. The number of H-pyrrole nitrogens is 1. The van der Waals surface area contributed by atoms with E-state index in [2.05, 4.69) is 15.3 Å². The molecule has 0 bridgehead atoms. The molecule has 0 radical (unpaired) electrons. The maximum absolute atomic E-state index is 11.9. The topological polar surface area (TPSA) is 101 Å². The Labute approximate surface area is 126 Å². The van der Waals surface area contributed by atoms with Crippen LogP contribution in [0.2, 0.25) is 0 Å². The van der Waals surface area contributed by atoms with Crippen molar-refractivity contribution in [3.8, 4) is 0 Å². The summed E-state index contributed by atoms with van der Waals surface area (Å²) in [5, 5.41) is 3.16. The first-order valence-corrected chi connectivity index (χ1v) is 7.29. The van der Waals surface area contributed by atoms with Gasteiger partial charge in [0.15, 0.2) is 5.16 Å². The number of nitrogen functional groups attached to an aromatic ring is 1. The maximum atomic E-state index is 11.9. The molecule has 1 heterocycles. The van der Waals surface area contributed by atoms with E-state index in [1.165, 1.54) is 6.07 Å². The van der Waals surface area contributed by atoms with Crippen molar-refractivity contribution >= 4 is 29.2 Å². The number of carbonyl (C=O) groups excluding carboxylic acids is 1. The third-order valence-electron chi connectivity index (χ3n) is 2.74. The fourth-order valence-electron chi connectivity index (χ4n) is 1.80. The highest BCUT2D eigenvalue weighted by Gasteiger charge is 2.07. The van der Waals surface area contributed by atoms with Crippen LogP contribution < -0.4 is 16.6 Å². The molecule has 21 heavy (non-hydrogen) atoms. The minimum absolute atomic E-state index is 0.135. The van der Waals surface area contributed by atoms with Crippen molar-refractivity contribution in [2.45, 2.75) is 19.0 Å². The lowest BCUT2D eigenvalue weighted by molar-refractivity contribution is -0.113. The van der Waals surface area contributed by atoms with Gasteiger partial charge in [0, 0.05) is 11.8 Å². The predicted molar refractivity (Wildman–Crippen MR) is 84.5 cm³/mol. The van der Waals surface area contributed by atoms with Crippen molar-refractivity contribution in [1.29, 1.82) is 0 Å². The van der Waals surface area contributed by atoms with Gasteiger partial charge in [-0.05, 0) is 25.5 Å². The van der Waals surface area contributed by atoms with Gasteiger partial charge < -0.3 is 16.0 Å². The molecule has 0 spiro atoms. The molecule has 0 aliphatic rings. The quantitative estimate of drug-likeness (QED) is 0.589. The van der Waals surface area contributed by atoms with E-state index in [0.29, 0.717) is 5.16 Å². The molecule has 1 aromatic heterocycles. The van der Waals surface area contributed by atoms with Crippen LogP contribution in [0.3, 0.4) is 0 Å². The molecule has 0 aliphatic carbocycles. The van der Waals surface area contributed by atoms with E-state index in [4.69, 9.17) is 5.73 Å². The number of nitrogens with two attached hydrogens (primary N) is 1. The Balaban J connectivity index is 1.97. The van der Waals surface area contributed by atoms with E-state index in [0.717, 1.165) is 28.6 Å². The average Bonchev–Trinajstić information content (AvgIpc) is 2.39. The van der Waals surface area contributed by atoms with Gasteiger partial charge >= 0.3 is 0 Å². The smallest absolute Gasteiger partial charge is 0.253 e. The van der Waals surface area contributed by atoms with Crippen LogP contribution >= 0.6 is 11.8 Å². The highest BCUT2D eigenvalue weighted by Crippen LogP contribution is 2.17. The number of amides is 1. The average molecular weight is 304 g/mol. The summed E-state index contributed by atoms with van der Waals surface area (Å²) < 4.78 is 0. The Morgan fingerprint density at radius 3 is 2.81 bits per heavy atom. The highest BCUT2D eigenvalue weighted by atomic mass is 32.2. The summed E-state index contributed by atoms with van der Waals surface area (Å²) in [6.45, 7) is 3.93. The van der Waals surface area contributed by atoms with Crippen LogP contribution in [0.15, 0.2) is 34.2 Å². The first kappa shape index (κ1) is 15.1. The van der Waals surface area contributed by atoms with Gasteiger partial charge in [-0.3, -0.25) is 9.59 Å². The number of aromatic nitrogens is 2. The maximum Gasteiger partial charge on any atom is 0.253 e. The van der Waals surface area contributed by atoms with Gasteiger partial charge in [-0.2, -0.15) is 0 Å². The van der Waals surface area contributed by atoms with Gasteiger partial charge in [-0.15, -0.1) is 0 Å². The van der Waals surface area contributed by atoms with Gasteiger partial charge in [-0.25, -0.2) is 4.98 Å². The molecule has 6 nitrogen and oxygen atoms in total. The lowest BCUT2D eigenvalue weighted by atomic mass is 10.1. The molecule has 0 fully saturated rings. The van der Waals surface area contributed by atoms with Crippen molar-refractivity contribution in [3.63, 3.8) is 0 Å². The van der Waals surface area contributed by atoms with Crippen molar-refractivity contribution in [3.05, 3.63) is 45.7 Å². The van der Waals surface area contributed by atoms with Gasteiger partial charge in [0.2, 0.25) is 5.91 Å². The lowest BCUT2D eigenvalue weighted by Crippen LogP contribution is -2.16. The molecule has 1 amide bonds. The number of nitrogens with zero attached hydrogens (tertiary/aromatic N) is 1. The minimum atomic E-state index is -0.334. The van der Waals surface area contributed by atoms with Crippen LogP contribution in [0.1, 0.15) is 11.1 Å². The highest BCUT2D eigenvalue weighted by molar-refractivity contribution is 7.99. The SMILES string of the molecule is Cc1ccc(NC(=O)CSc2nc(N)cc(=O)[nH]2)c(C)c1. The van der Waals surface area contributed by atoms with Gasteiger partial charge in [0.25, 0.3) is 5.56 Å². The number of benzene rings is 1. The number of aromatic amines is 1. The summed E-state index contributed by atoms with van der Waals surface area (Å²) in [5.41, 5.74) is 8.07. The molecular formula is C14H16N4O2S. The van der Waals surface area contributed by atoms with Crippen LogP contribution in [0.25, 0.3) is 0 Å². The fraction of sp³-hybridized carbons (Fsp3) is 0.214. The Hall–Kier alpha value is -2.28. The molecule has 2 rings (SSSR count).